The van der Waals surface area contributed by atoms with E-state index in [1.807, 2.05) is 0 Å². The molecule has 0 atom stereocenters. The molecular formula is C10H11NS. The van der Waals surface area contributed by atoms with Gasteiger partial charge in [-0.05, 0) is 23.9 Å². The fourth-order valence-electron chi connectivity index (χ4n) is 1.42. The molecule has 1 nitrogen and oxygen atoms in total. The van der Waals surface area contributed by atoms with E-state index in [4.69, 9.17) is 5.73 Å². The van der Waals surface area contributed by atoms with Gasteiger partial charge in [-0.25, -0.2) is 0 Å². The van der Waals surface area contributed by atoms with E-state index in [1.54, 1.807) is 11.3 Å². The number of hydrogen-bond acceptors (Lipinski definition) is 2. The Hall–Kier alpha value is -0.860. The van der Waals surface area contributed by atoms with Gasteiger partial charge in [0.2, 0.25) is 0 Å². The smallest absolute Gasteiger partial charge is 0.0348 e. The molecule has 62 valence electrons. The third-order valence-corrected chi connectivity index (χ3v) is 3.42. The highest BCUT2D eigenvalue weighted by Crippen LogP contribution is 2.29. The third kappa shape index (κ3) is 1.04. The van der Waals surface area contributed by atoms with Gasteiger partial charge >= 0.3 is 0 Å². The van der Waals surface area contributed by atoms with E-state index in [9.17, 15) is 0 Å². The van der Waals surface area contributed by atoms with Gasteiger partial charge in [-0.15, -0.1) is 11.3 Å². The number of rotatable bonds is 1. The molecule has 12 heavy (non-hydrogen) atoms. The maximum absolute atomic E-state index is 5.62. The van der Waals surface area contributed by atoms with Crippen LogP contribution in [-0.4, -0.2) is 0 Å². The van der Waals surface area contributed by atoms with Gasteiger partial charge in [0.05, 0.1) is 0 Å². The Balaban J connectivity index is 2.78. The van der Waals surface area contributed by atoms with Crippen molar-refractivity contribution >= 4 is 21.4 Å². The van der Waals surface area contributed by atoms with Gasteiger partial charge in [-0.1, -0.05) is 18.2 Å². The summed E-state index contributed by atoms with van der Waals surface area (Å²) in [5, 5.41) is 1.35. The number of thiophene rings is 1. The SMILES string of the molecule is Cc1c(CN)sc2ccccc12. The second kappa shape index (κ2) is 2.88. The molecule has 0 aliphatic carbocycles. The number of nitrogens with two attached hydrogens (primary N) is 1. The fraction of sp³-hybridized carbons (Fsp3) is 0.200. The van der Waals surface area contributed by atoms with Crippen LogP contribution < -0.4 is 5.73 Å². The van der Waals surface area contributed by atoms with Crippen molar-refractivity contribution in [3.63, 3.8) is 0 Å². The van der Waals surface area contributed by atoms with Crippen LogP contribution in [0.4, 0.5) is 0 Å². The molecule has 2 rings (SSSR count). The highest BCUT2D eigenvalue weighted by atomic mass is 32.1. The van der Waals surface area contributed by atoms with Crippen molar-refractivity contribution in [3.05, 3.63) is 34.7 Å². The first-order chi connectivity index (χ1) is 5.83. The molecule has 2 aromatic rings. The first-order valence-electron chi connectivity index (χ1n) is 4.00. The summed E-state index contributed by atoms with van der Waals surface area (Å²) < 4.78 is 1.34. The molecule has 0 bridgehead atoms. The van der Waals surface area contributed by atoms with Crippen LogP contribution in [-0.2, 0) is 6.54 Å². The molecule has 0 saturated carbocycles. The van der Waals surface area contributed by atoms with Crippen LogP contribution in [0.1, 0.15) is 10.4 Å². The van der Waals surface area contributed by atoms with E-state index >= 15 is 0 Å². The molecular weight excluding hydrogens is 166 g/mol. The van der Waals surface area contributed by atoms with Crippen molar-refractivity contribution in [1.82, 2.24) is 0 Å². The van der Waals surface area contributed by atoms with Gasteiger partial charge in [0.15, 0.2) is 0 Å². The molecule has 0 aliphatic heterocycles. The molecule has 2 heteroatoms. The summed E-state index contributed by atoms with van der Waals surface area (Å²) in [6.07, 6.45) is 0. The Labute approximate surface area is 75.8 Å². The van der Waals surface area contributed by atoms with E-state index in [0.29, 0.717) is 6.54 Å². The minimum Gasteiger partial charge on any atom is -0.326 e. The van der Waals surface area contributed by atoms with Gasteiger partial charge < -0.3 is 5.73 Å². The normalized spacial score (nSPS) is 10.8. The molecule has 0 unspecified atom stereocenters. The lowest BCUT2D eigenvalue weighted by atomic mass is 10.1. The molecule has 2 N–H and O–H groups in total. The summed E-state index contributed by atoms with van der Waals surface area (Å²) in [6, 6.07) is 8.44. The van der Waals surface area contributed by atoms with Crippen LogP contribution in [0.3, 0.4) is 0 Å². The summed E-state index contributed by atoms with van der Waals surface area (Å²) in [7, 11) is 0. The minimum atomic E-state index is 0.658. The topological polar surface area (TPSA) is 26.0 Å². The monoisotopic (exact) mass is 177 g/mol. The van der Waals surface area contributed by atoms with Gasteiger partial charge in [0, 0.05) is 16.1 Å². The van der Waals surface area contributed by atoms with Crippen molar-refractivity contribution in [2.24, 2.45) is 5.73 Å². The van der Waals surface area contributed by atoms with Gasteiger partial charge in [0.1, 0.15) is 0 Å². The van der Waals surface area contributed by atoms with Gasteiger partial charge in [0.25, 0.3) is 0 Å². The van der Waals surface area contributed by atoms with E-state index < -0.39 is 0 Å². The maximum Gasteiger partial charge on any atom is 0.0348 e. The number of fused-ring (bicyclic) bond motifs is 1. The summed E-state index contributed by atoms with van der Waals surface area (Å²) in [5.41, 5.74) is 6.97. The van der Waals surface area contributed by atoms with Crippen molar-refractivity contribution in [3.8, 4) is 0 Å². The Morgan fingerprint density at radius 3 is 2.75 bits per heavy atom. The van der Waals surface area contributed by atoms with Crippen molar-refractivity contribution in [1.29, 1.82) is 0 Å². The standard InChI is InChI=1S/C10H11NS/c1-7-8-4-2-3-5-9(8)12-10(7)6-11/h2-5H,6,11H2,1H3. The lowest BCUT2D eigenvalue weighted by Gasteiger charge is -1.91. The van der Waals surface area contributed by atoms with Gasteiger partial charge in [-0.2, -0.15) is 0 Å². The second-order valence-corrected chi connectivity index (χ2v) is 3.99. The quantitative estimate of drug-likeness (QED) is 0.712. The number of benzene rings is 1. The van der Waals surface area contributed by atoms with Crippen LogP contribution >= 0.6 is 11.3 Å². The van der Waals surface area contributed by atoms with E-state index in [2.05, 4.69) is 31.2 Å². The lowest BCUT2D eigenvalue weighted by molar-refractivity contribution is 1.09. The summed E-state index contributed by atoms with van der Waals surface area (Å²) in [4.78, 5) is 1.30. The molecule has 0 amide bonds. The zero-order chi connectivity index (χ0) is 8.55. The minimum absolute atomic E-state index is 0.658. The van der Waals surface area contributed by atoms with Crippen LogP contribution in [0.2, 0.25) is 0 Å². The first-order valence-corrected chi connectivity index (χ1v) is 4.81. The Morgan fingerprint density at radius 1 is 1.33 bits per heavy atom. The largest absolute Gasteiger partial charge is 0.326 e. The van der Waals surface area contributed by atoms with E-state index in [-0.39, 0.29) is 0 Å². The highest BCUT2D eigenvalue weighted by molar-refractivity contribution is 7.19. The first kappa shape index (κ1) is 7.77. The predicted octanol–water partition coefficient (Wildman–Crippen LogP) is 2.67. The second-order valence-electron chi connectivity index (χ2n) is 2.85. The van der Waals surface area contributed by atoms with Crippen LogP contribution in [0.15, 0.2) is 24.3 Å². The van der Waals surface area contributed by atoms with Gasteiger partial charge in [-0.3, -0.25) is 0 Å². The zero-order valence-corrected chi connectivity index (χ0v) is 7.82. The molecule has 1 aromatic carbocycles. The van der Waals surface area contributed by atoms with Crippen molar-refractivity contribution in [2.45, 2.75) is 13.5 Å². The molecule has 0 saturated heterocycles. The number of aryl methyl sites for hydroxylation is 1. The van der Waals surface area contributed by atoms with E-state index in [1.165, 1.54) is 20.5 Å². The Morgan fingerprint density at radius 2 is 2.08 bits per heavy atom. The average molecular weight is 177 g/mol. The highest BCUT2D eigenvalue weighted by Gasteiger charge is 2.04. The molecule has 1 heterocycles. The molecule has 0 spiro atoms. The molecule has 0 fully saturated rings. The lowest BCUT2D eigenvalue weighted by Crippen LogP contribution is -1.93. The molecule has 0 aliphatic rings. The van der Waals surface area contributed by atoms with Crippen LogP contribution in [0.5, 0.6) is 0 Å². The average Bonchev–Trinajstić information content (AvgIpc) is 2.44. The van der Waals surface area contributed by atoms with Crippen LogP contribution in [0, 0.1) is 6.92 Å². The summed E-state index contributed by atoms with van der Waals surface area (Å²) in [6.45, 7) is 2.80. The van der Waals surface area contributed by atoms with Crippen molar-refractivity contribution < 1.29 is 0 Å². The molecule has 1 aromatic heterocycles. The third-order valence-electron chi connectivity index (χ3n) is 2.13. The molecule has 0 radical (unpaired) electrons. The zero-order valence-electron chi connectivity index (χ0n) is 7.00. The maximum atomic E-state index is 5.62. The predicted molar refractivity (Wildman–Crippen MR) is 54.5 cm³/mol. The summed E-state index contributed by atoms with van der Waals surface area (Å²) in [5.74, 6) is 0. The number of hydrogen-bond donors (Lipinski definition) is 1. The Bertz CT molecular complexity index is 403. The fourth-order valence-corrected chi connectivity index (χ4v) is 2.51. The van der Waals surface area contributed by atoms with Crippen molar-refractivity contribution in [2.75, 3.05) is 0 Å². The van der Waals surface area contributed by atoms with Crippen LogP contribution in [0.25, 0.3) is 10.1 Å². The summed E-state index contributed by atoms with van der Waals surface area (Å²) >= 11 is 1.80. The van der Waals surface area contributed by atoms with E-state index in [0.717, 1.165) is 0 Å². The Kier molecular flexibility index (Phi) is 1.87.